The van der Waals surface area contributed by atoms with Gasteiger partial charge in [-0.25, -0.2) is 0 Å². The molecule has 4 aromatic rings. The Morgan fingerprint density at radius 2 is 1.71 bits per heavy atom. The summed E-state index contributed by atoms with van der Waals surface area (Å²) >= 11 is 0. The monoisotopic (exact) mass is 481 g/mol. The number of halogens is 3. The minimum Gasteiger partial charge on any atom is -0.480 e. The second-order valence-corrected chi connectivity index (χ2v) is 8.13. The summed E-state index contributed by atoms with van der Waals surface area (Å²) in [5.41, 5.74) is 2.75. The second-order valence-electron chi connectivity index (χ2n) is 8.13. The molecule has 0 amide bonds. The molecule has 1 heterocycles. The van der Waals surface area contributed by atoms with Crippen molar-refractivity contribution >= 4 is 5.97 Å². The van der Waals surface area contributed by atoms with Gasteiger partial charge in [-0.05, 0) is 54.3 Å². The van der Waals surface area contributed by atoms with Crippen LogP contribution in [-0.4, -0.2) is 27.3 Å². The van der Waals surface area contributed by atoms with Gasteiger partial charge in [-0.2, -0.15) is 18.2 Å². The SMILES string of the molecule is Cc1cc(-c2nc(-c3ccc(CNC(C)C(=O)O)cc3)no2)ccc1-c1ccccc1C(F)(F)F. The first-order valence-corrected chi connectivity index (χ1v) is 10.8. The molecule has 9 heteroatoms. The number of aromatic nitrogens is 2. The Labute approximate surface area is 199 Å². The summed E-state index contributed by atoms with van der Waals surface area (Å²) < 4.78 is 45.7. The van der Waals surface area contributed by atoms with E-state index in [1.807, 2.05) is 12.1 Å². The maximum absolute atomic E-state index is 13.4. The van der Waals surface area contributed by atoms with Crippen molar-refractivity contribution in [3.05, 3.63) is 83.4 Å². The van der Waals surface area contributed by atoms with Crippen LogP contribution in [0.1, 0.15) is 23.6 Å². The van der Waals surface area contributed by atoms with E-state index in [2.05, 4.69) is 15.5 Å². The zero-order chi connectivity index (χ0) is 25.2. The second kappa shape index (κ2) is 9.71. The highest BCUT2D eigenvalue weighted by Crippen LogP contribution is 2.38. The average Bonchev–Trinajstić information content (AvgIpc) is 3.32. The number of alkyl halides is 3. The van der Waals surface area contributed by atoms with Gasteiger partial charge in [0.15, 0.2) is 0 Å². The van der Waals surface area contributed by atoms with Gasteiger partial charge in [0.1, 0.15) is 6.04 Å². The van der Waals surface area contributed by atoms with Crippen molar-refractivity contribution in [2.45, 2.75) is 32.6 Å². The number of hydrogen-bond donors (Lipinski definition) is 2. The van der Waals surface area contributed by atoms with Gasteiger partial charge in [-0.3, -0.25) is 4.79 Å². The van der Waals surface area contributed by atoms with Crippen LogP contribution in [0.5, 0.6) is 0 Å². The summed E-state index contributed by atoms with van der Waals surface area (Å²) in [7, 11) is 0. The highest BCUT2D eigenvalue weighted by Gasteiger charge is 2.33. The first-order valence-electron chi connectivity index (χ1n) is 10.8. The fourth-order valence-electron chi connectivity index (χ4n) is 3.65. The fraction of sp³-hybridized carbons (Fsp3) is 0.192. The van der Waals surface area contributed by atoms with E-state index in [0.29, 0.717) is 34.6 Å². The normalized spacial score (nSPS) is 12.5. The predicted molar refractivity (Wildman–Crippen MR) is 124 cm³/mol. The molecule has 0 aliphatic heterocycles. The zero-order valence-electron chi connectivity index (χ0n) is 18.9. The summed E-state index contributed by atoms with van der Waals surface area (Å²) in [5.74, 6) is -0.309. The van der Waals surface area contributed by atoms with E-state index >= 15 is 0 Å². The van der Waals surface area contributed by atoms with Crippen molar-refractivity contribution in [1.29, 1.82) is 0 Å². The molecular weight excluding hydrogens is 459 g/mol. The van der Waals surface area contributed by atoms with Crippen molar-refractivity contribution in [2.24, 2.45) is 0 Å². The van der Waals surface area contributed by atoms with Crippen LogP contribution < -0.4 is 5.32 Å². The standard InChI is InChI=1S/C26H22F3N3O3/c1-15-13-19(11-12-20(15)21-5-3-4-6-22(21)26(27,28)29)24-31-23(32-35-24)18-9-7-17(8-10-18)14-30-16(2)25(33)34/h3-13,16,30H,14H2,1-2H3,(H,33,34). The molecule has 1 unspecified atom stereocenters. The third-order valence-corrected chi connectivity index (χ3v) is 5.62. The lowest BCUT2D eigenvalue weighted by molar-refractivity contribution is -0.139. The molecule has 1 atom stereocenters. The summed E-state index contributed by atoms with van der Waals surface area (Å²) in [4.78, 5) is 15.3. The number of benzene rings is 3. The molecule has 180 valence electrons. The van der Waals surface area contributed by atoms with Crippen molar-refractivity contribution in [1.82, 2.24) is 15.5 Å². The zero-order valence-corrected chi connectivity index (χ0v) is 18.9. The molecule has 3 aromatic carbocycles. The molecular formula is C26H22F3N3O3. The van der Waals surface area contributed by atoms with Gasteiger partial charge in [-0.15, -0.1) is 0 Å². The number of aryl methyl sites for hydroxylation is 1. The Morgan fingerprint density at radius 1 is 1.03 bits per heavy atom. The van der Waals surface area contributed by atoms with E-state index < -0.39 is 23.8 Å². The van der Waals surface area contributed by atoms with Gasteiger partial charge in [0.05, 0.1) is 5.56 Å². The molecule has 1 aromatic heterocycles. The topological polar surface area (TPSA) is 88.2 Å². The first-order chi connectivity index (χ1) is 16.6. The number of aliphatic carboxylic acids is 1. The molecule has 0 aliphatic rings. The molecule has 0 bridgehead atoms. The van der Waals surface area contributed by atoms with E-state index in [1.54, 1.807) is 50.2 Å². The lowest BCUT2D eigenvalue weighted by atomic mass is 9.94. The minimum absolute atomic E-state index is 0.114. The smallest absolute Gasteiger partial charge is 0.417 e. The van der Waals surface area contributed by atoms with E-state index in [4.69, 9.17) is 9.63 Å². The summed E-state index contributed by atoms with van der Waals surface area (Å²) in [6, 6.07) is 17.1. The van der Waals surface area contributed by atoms with Crippen molar-refractivity contribution in [3.63, 3.8) is 0 Å². The maximum atomic E-state index is 13.4. The molecule has 0 radical (unpaired) electrons. The molecule has 0 fully saturated rings. The molecule has 0 saturated heterocycles. The van der Waals surface area contributed by atoms with Crippen LogP contribution >= 0.6 is 0 Å². The summed E-state index contributed by atoms with van der Waals surface area (Å²) in [5, 5.41) is 15.9. The van der Waals surface area contributed by atoms with E-state index in [9.17, 15) is 18.0 Å². The predicted octanol–water partition coefficient (Wildman–Crippen LogP) is 5.96. The van der Waals surface area contributed by atoms with Crippen LogP contribution in [0.15, 0.2) is 71.3 Å². The van der Waals surface area contributed by atoms with E-state index in [1.165, 1.54) is 12.1 Å². The number of nitrogens with one attached hydrogen (secondary N) is 1. The molecule has 4 rings (SSSR count). The molecule has 6 nitrogen and oxygen atoms in total. The van der Waals surface area contributed by atoms with E-state index in [0.717, 1.165) is 11.6 Å². The van der Waals surface area contributed by atoms with Crippen molar-refractivity contribution in [3.8, 4) is 34.0 Å². The molecule has 0 aliphatic carbocycles. The quantitative estimate of drug-likeness (QED) is 0.339. The fourth-order valence-corrected chi connectivity index (χ4v) is 3.65. The number of hydrogen-bond acceptors (Lipinski definition) is 5. The lowest BCUT2D eigenvalue weighted by Crippen LogP contribution is -2.33. The van der Waals surface area contributed by atoms with Gasteiger partial charge in [-0.1, -0.05) is 53.7 Å². The summed E-state index contributed by atoms with van der Waals surface area (Å²) in [6.45, 7) is 3.70. The number of nitrogens with zero attached hydrogens (tertiary/aromatic N) is 2. The minimum atomic E-state index is -4.46. The Balaban J connectivity index is 1.54. The first kappa shape index (κ1) is 24.2. The molecule has 0 spiro atoms. The number of carboxylic acid groups (broad SMARTS) is 1. The third kappa shape index (κ3) is 5.41. The average molecular weight is 481 g/mol. The van der Waals surface area contributed by atoms with Crippen LogP contribution in [0.4, 0.5) is 13.2 Å². The van der Waals surface area contributed by atoms with Gasteiger partial charge in [0.2, 0.25) is 5.82 Å². The van der Waals surface area contributed by atoms with Gasteiger partial charge >= 0.3 is 12.1 Å². The highest BCUT2D eigenvalue weighted by atomic mass is 19.4. The van der Waals surface area contributed by atoms with Crippen LogP contribution in [0.2, 0.25) is 0 Å². The van der Waals surface area contributed by atoms with Gasteiger partial charge in [0, 0.05) is 17.7 Å². The molecule has 0 saturated carbocycles. The molecule has 35 heavy (non-hydrogen) atoms. The largest absolute Gasteiger partial charge is 0.480 e. The van der Waals surface area contributed by atoms with Crippen molar-refractivity contribution in [2.75, 3.05) is 0 Å². The maximum Gasteiger partial charge on any atom is 0.417 e. The van der Waals surface area contributed by atoms with Crippen LogP contribution in [0.25, 0.3) is 34.0 Å². The van der Waals surface area contributed by atoms with Crippen LogP contribution in [0.3, 0.4) is 0 Å². The Bertz CT molecular complexity index is 1350. The molecule has 2 N–H and O–H groups in total. The number of carbonyl (C=O) groups is 1. The van der Waals surface area contributed by atoms with Crippen LogP contribution in [0, 0.1) is 6.92 Å². The lowest BCUT2D eigenvalue weighted by Gasteiger charge is -2.14. The number of carboxylic acids is 1. The van der Waals surface area contributed by atoms with Gasteiger partial charge < -0.3 is 14.9 Å². The van der Waals surface area contributed by atoms with E-state index in [-0.39, 0.29) is 11.5 Å². The highest BCUT2D eigenvalue weighted by molar-refractivity contribution is 5.74. The Kier molecular flexibility index (Phi) is 6.70. The Hall–Kier alpha value is -3.98. The van der Waals surface area contributed by atoms with Crippen molar-refractivity contribution < 1.29 is 27.6 Å². The number of rotatable bonds is 7. The summed E-state index contributed by atoms with van der Waals surface area (Å²) in [6.07, 6.45) is -4.46. The van der Waals surface area contributed by atoms with Gasteiger partial charge in [0.25, 0.3) is 5.89 Å². The Morgan fingerprint density at radius 3 is 2.37 bits per heavy atom. The third-order valence-electron chi connectivity index (χ3n) is 5.62. The van der Waals surface area contributed by atoms with Crippen LogP contribution in [-0.2, 0) is 17.5 Å².